The average molecular weight is 454 g/mol. The number of halogens is 1. The molecule has 0 fully saturated rings. The van der Waals surface area contributed by atoms with Crippen LogP contribution in [0.5, 0.6) is 0 Å². The molecule has 140 valence electrons. The zero-order valence-electron chi connectivity index (χ0n) is 14.8. The summed E-state index contributed by atoms with van der Waals surface area (Å²) in [6.45, 7) is 4.46. The molecule has 0 N–H and O–H groups in total. The first-order chi connectivity index (χ1) is 13.7. The maximum atomic E-state index is 5.77. The third-order valence-corrected chi connectivity index (χ3v) is 5.42. The van der Waals surface area contributed by atoms with Gasteiger partial charge in [-0.15, -0.1) is 27.0 Å². The van der Waals surface area contributed by atoms with Gasteiger partial charge in [-0.05, 0) is 24.3 Å². The number of benzene rings is 2. The highest BCUT2D eigenvalue weighted by atomic mass is 79.9. The normalized spacial score (nSPS) is 10.9. The van der Waals surface area contributed by atoms with Crippen molar-refractivity contribution in [1.29, 1.82) is 0 Å². The molecule has 0 aliphatic heterocycles. The second-order valence-corrected chi connectivity index (χ2v) is 7.73. The number of thioether (sulfide) groups is 1. The Morgan fingerprint density at radius 1 is 0.964 bits per heavy atom. The molecule has 6 nitrogen and oxygen atoms in total. The summed E-state index contributed by atoms with van der Waals surface area (Å²) in [6, 6.07) is 17.7. The summed E-state index contributed by atoms with van der Waals surface area (Å²) >= 11 is 4.96. The molecular formula is C20H16BrN5OS. The number of rotatable bonds is 7. The van der Waals surface area contributed by atoms with Crippen LogP contribution in [0.2, 0.25) is 0 Å². The molecule has 0 radical (unpaired) electrons. The molecule has 0 unspecified atom stereocenters. The summed E-state index contributed by atoms with van der Waals surface area (Å²) in [6.07, 6.45) is 1.83. The van der Waals surface area contributed by atoms with E-state index >= 15 is 0 Å². The zero-order chi connectivity index (χ0) is 19.3. The lowest BCUT2D eigenvalue weighted by Gasteiger charge is -2.07. The van der Waals surface area contributed by atoms with E-state index in [-0.39, 0.29) is 0 Å². The van der Waals surface area contributed by atoms with Crippen LogP contribution >= 0.6 is 27.7 Å². The smallest absolute Gasteiger partial charge is 0.247 e. The second-order valence-electron chi connectivity index (χ2n) is 5.87. The number of hydrogen-bond acceptors (Lipinski definition) is 6. The topological polar surface area (TPSA) is 69.6 Å². The van der Waals surface area contributed by atoms with Crippen molar-refractivity contribution in [2.75, 3.05) is 0 Å². The molecule has 0 saturated heterocycles. The third kappa shape index (κ3) is 4.07. The van der Waals surface area contributed by atoms with E-state index in [1.165, 1.54) is 11.8 Å². The molecule has 2 heterocycles. The Bertz CT molecular complexity index is 1080. The number of hydrogen-bond donors (Lipinski definition) is 0. The summed E-state index contributed by atoms with van der Waals surface area (Å²) in [5, 5.41) is 17.7. The molecule has 0 amide bonds. The first kappa shape index (κ1) is 18.6. The Balaban J connectivity index is 1.53. The lowest BCUT2D eigenvalue weighted by atomic mass is 10.2. The predicted molar refractivity (Wildman–Crippen MR) is 113 cm³/mol. The molecule has 28 heavy (non-hydrogen) atoms. The van der Waals surface area contributed by atoms with Crippen molar-refractivity contribution in [1.82, 2.24) is 25.0 Å². The van der Waals surface area contributed by atoms with Gasteiger partial charge in [0.05, 0.1) is 5.75 Å². The fourth-order valence-corrected chi connectivity index (χ4v) is 3.69. The minimum Gasteiger partial charge on any atom is -0.420 e. The Morgan fingerprint density at radius 3 is 2.50 bits per heavy atom. The van der Waals surface area contributed by atoms with Crippen LogP contribution in [0.15, 0.2) is 81.3 Å². The Kier molecular flexibility index (Phi) is 5.68. The maximum Gasteiger partial charge on any atom is 0.247 e. The van der Waals surface area contributed by atoms with Gasteiger partial charge in [0.1, 0.15) is 0 Å². The van der Waals surface area contributed by atoms with Gasteiger partial charge in [0.15, 0.2) is 11.0 Å². The van der Waals surface area contributed by atoms with Crippen LogP contribution in [0.1, 0.15) is 5.89 Å². The van der Waals surface area contributed by atoms with Crippen molar-refractivity contribution in [2.45, 2.75) is 17.5 Å². The Morgan fingerprint density at radius 2 is 1.75 bits per heavy atom. The first-order valence-electron chi connectivity index (χ1n) is 8.55. The molecule has 0 bridgehead atoms. The molecule has 2 aromatic heterocycles. The van der Waals surface area contributed by atoms with E-state index < -0.39 is 0 Å². The van der Waals surface area contributed by atoms with Crippen molar-refractivity contribution >= 4 is 27.7 Å². The van der Waals surface area contributed by atoms with Gasteiger partial charge in [-0.3, -0.25) is 4.57 Å². The third-order valence-electron chi connectivity index (χ3n) is 3.94. The standard InChI is InChI=1S/C20H16BrN5OS/c1-2-12-26-18(14-8-10-16(21)11-9-14)23-25-20(26)28-13-17-22-24-19(27-17)15-6-4-3-5-7-15/h2-11H,1,12-13H2. The van der Waals surface area contributed by atoms with E-state index in [0.29, 0.717) is 24.1 Å². The van der Waals surface area contributed by atoms with Gasteiger partial charge < -0.3 is 4.42 Å². The molecule has 0 aliphatic carbocycles. The van der Waals surface area contributed by atoms with E-state index in [1.54, 1.807) is 0 Å². The maximum absolute atomic E-state index is 5.77. The van der Waals surface area contributed by atoms with Crippen molar-refractivity contribution < 1.29 is 4.42 Å². The average Bonchev–Trinajstić information content (AvgIpc) is 3.35. The highest BCUT2D eigenvalue weighted by Crippen LogP contribution is 2.28. The van der Waals surface area contributed by atoms with Gasteiger partial charge in [-0.25, -0.2) is 0 Å². The molecular weight excluding hydrogens is 438 g/mol. The quantitative estimate of drug-likeness (QED) is 0.281. The number of allylic oxidation sites excluding steroid dienone is 1. The molecule has 0 saturated carbocycles. The van der Waals surface area contributed by atoms with Crippen LogP contribution in [-0.2, 0) is 12.3 Å². The summed E-state index contributed by atoms with van der Waals surface area (Å²) in [5.41, 5.74) is 1.90. The Labute approximate surface area is 174 Å². The van der Waals surface area contributed by atoms with Gasteiger partial charge in [-0.1, -0.05) is 64.1 Å². The van der Waals surface area contributed by atoms with Crippen molar-refractivity contribution in [3.63, 3.8) is 0 Å². The minimum atomic E-state index is 0.509. The van der Waals surface area contributed by atoms with Crippen LogP contribution in [0, 0.1) is 0 Å². The largest absolute Gasteiger partial charge is 0.420 e. The van der Waals surface area contributed by atoms with E-state index in [9.17, 15) is 0 Å². The van der Waals surface area contributed by atoms with Crippen LogP contribution < -0.4 is 0 Å². The lowest BCUT2D eigenvalue weighted by Crippen LogP contribution is -2.00. The molecule has 8 heteroatoms. The van der Waals surface area contributed by atoms with Crippen LogP contribution in [-0.4, -0.2) is 25.0 Å². The monoisotopic (exact) mass is 453 g/mol. The molecule has 2 aromatic carbocycles. The SMILES string of the molecule is C=CCn1c(SCc2nnc(-c3ccccc3)o2)nnc1-c1ccc(Br)cc1. The molecule has 4 rings (SSSR count). The first-order valence-corrected chi connectivity index (χ1v) is 10.3. The Hall–Kier alpha value is -2.71. The zero-order valence-corrected chi connectivity index (χ0v) is 17.2. The van der Waals surface area contributed by atoms with Crippen molar-refractivity contribution in [3.8, 4) is 22.8 Å². The molecule has 0 atom stereocenters. The number of nitrogens with zero attached hydrogens (tertiary/aromatic N) is 5. The molecule has 0 aliphatic rings. The van der Waals surface area contributed by atoms with Crippen molar-refractivity contribution in [3.05, 3.63) is 77.6 Å². The van der Waals surface area contributed by atoms with E-state index in [4.69, 9.17) is 4.42 Å². The van der Waals surface area contributed by atoms with Crippen LogP contribution in [0.4, 0.5) is 0 Å². The van der Waals surface area contributed by atoms with Gasteiger partial charge in [0, 0.05) is 22.1 Å². The van der Waals surface area contributed by atoms with E-state index in [2.05, 4.69) is 42.9 Å². The summed E-state index contributed by atoms with van der Waals surface area (Å²) in [4.78, 5) is 0. The second kappa shape index (κ2) is 8.53. The van der Waals surface area contributed by atoms with Gasteiger partial charge in [0.2, 0.25) is 11.8 Å². The summed E-state index contributed by atoms with van der Waals surface area (Å²) in [5.74, 6) is 2.36. The highest BCUT2D eigenvalue weighted by molar-refractivity contribution is 9.10. The molecule has 0 spiro atoms. The fourth-order valence-electron chi connectivity index (χ4n) is 2.64. The van der Waals surface area contributed by atoms with Crippen LogP contribution in [0.3, 0.4) is 0 Å². The summed E-state index contributed by atoms with van der Waals surface area (Å²) in [7, 11) is 0. The molecule has 4 aromatic rings. The predicted octanol–water partition coefficient (Wildman–Crippen LogP) is 5.24. The summed E-state index contributed by atoms with van der Waals surface area (Å²) < 4.78 is 8.81. The van der Waals surface area contributed by atoms with E-state index in [1.807, 2.05) is 65.2 Å². The van der Waals surface area contributed by atoms with Gasteiger partial charge >= 0.3 is 0 Å². The number of aromatic nitrogens is 5. The van der Waals surface area contributed by atoms with Crippen molar-refractivity contribution in [2.24, 2.45) is 0 Å². The van der Waals surface area contributed by atoms with Crippen LogP contribution in [0.25, 0.3) is 22.8 Å². The fraction of sp³-hybridized carbons (Fsp3) is 0.100. The minimum absolute atomic E-state index is 0.509. The lowest BCUT2D eigenvalue weighted by molar-refractivity contribution is 0.528. The van der Waals surface area contributed by atoms with Gasteiger partial charge in [-0.2, -0.15) is 0 Å². The van der Waals surface area contributed by atoms with E-state index in [0.717, 1.165) is 26.6 Å². The highest BCUT2D eigenvalue weighted by Gasteiger charge is 2.15. The van der Waals surface area contributed by atoms with Gasteiger partial charge in [0.25, 0.3) is 0 Å².